The molecule has 106 valence electrons. The minimum Gasteiger partial charge on any atom is -0.396 e. The third-order valence-electron chi connectivity index (χ3n) is 4.83. The topological polar surface area (TPSA) is 23.5 Å². The molecule has 0 saturated heterocycles. The van der Waals surface area contributed by atoms with Crippen LogP contribution < -0.4 is 0 Å². The van der Waals surface area contributed by atoms with Gasteiger partial charge in [-0.05, 0) is 50.5 Å². The first-order valence-corrected chi connectivity index (χ1v) is 8.00. The van der Waals surface area contributed by atoms with E-state index in [1.165, 1.54) is 58.0 Å². The van der Waals surface area contributed by atoms with Gasteiger partial charge in [-0.3, -0.25) is 0 Å². The third-order valence-corrected chi connectivity index (χ3v) is 4.83. The number of hydrogen-bond acceptors (Lipinski definition) is 2. The van der Waals surface area contributed by atoms with Crippen molar-refractivity contribution >= 4 is 0 Å². The first-order chi connectivity index (χ1) is 8.67. The third kappa shape index (κ3) is 3.96. The average molecular weight is 253 g/mol. The van der Waals surface area contributed by atoms with Gasteiger partial charge in [-0.1, -0.05) is 26.7 Å². The van der Waals surface area contributed by atoms with Crippen LogP contribution in [0.15, 0.2) is 0 Å². The van der Waals surface area contributed by atoms with E-state index in [1.54, 1.807) is 0 Å². The Bertz CT molecular complexity index is 251. The van der Waals surface area contributed by atoms with Crippen molar-refractivity contribution in [2.24, 2.45) is 17.3 Å². The molecule has 0 amide bonds. The predicted octanol–water partition coefficient (Wildman–Crippen LogP) is 3.30. The molecule has 0 bridgehead atoms. The number of rotatable bonds is 7. The summed E-state index contributed by atoms with van der Waals surface area (Å²) >= 11 is 0. The van der Waals surface area contributed by atoms with Crippen LogP contribution in [-0.4, -0.2) is 36.2 Å². The lowest BCUT2D eigenvalue weighted by Crippen LogP contribution is -2.44. The van der Waals surface area contributed by atoms with Gasteiger partial charge in [0.05, 0.1) is 0 Å². The number of aliphatic hydroxyl groups excluding tert-OH is 1. The smallest absolute Gasteiger partial charge is 0.0499 e. The normalized spacial score (nSPS) is 33.0. The molecule has 2 aliphatic carbocycles. The van der Waals surface area contributed by atoms with Gasteiger partial charge in [0.2, 0.25) is 0 Å². The van der Waals surface area contributed by atoms with Crippen molar-refractivity contribution < 1.29 is 5.11 Å². The Balaban J connectivity index is 1.92. The van der Waals surface area contributed by atoms with Crippen LogP contribution in [0.1, 0.15) is 58.8 Å². The Labute approximate surface area is 113 Å². The van der Waals surface area contributed by atoms with Crippen molar-refractivity contribution in [3.8, 4) is 0 Å². The zero-order valence-electron chi connectivity index (χ0n) is 12.3. The molecule has 0 aromatic rings. The second-order valence-corrected chi connectivity index (χ2v) is 7.04. The van der Waals surface area contributed by atoms with Gasteiger partial charge < -0.3 is 10.0 Å². The maximum absolute atomic E-state index is 9.90. The van der Waals surface area contributed by atoms with Crippen LogP contribution in [0.3, 0.4) is 0 Å². The van der Waals surface area contributed by atoms with Crippen LogP contribution in [0.25, 0.3) is 0 Å². The van der Waals surface area contributed by atoms with E-state index < -0.39 is 0 Å². The fourth-order valence-corrected chi connectivity index (χ4v) is 3.80. The molecule has 2 unspecified atom stereocenters. The van der Waals surface area contributed by atoms with Crippen molar-refractivity contribution in [2.45, 2.75) is 58.8 Å². The van der Waals surface area contributed by atoms with E-state index in [1.807, 2.05) is 0 Å². The highest BCUT2D eigenvalue weighted by Crippen LogP contribution is 2.40. The molecule has 18 heavy (non-hydrogen) atoms. The largest absolute Gasteiger partial charge is 0.396 e. The summed E-state index contributed by atoms with van der Waals surface area (Å²) in [5, 5.41) is 9.90. The first-order valence-electron chi connectivity index (χ1n) is 8.00. The van der Waals surface area contributed by atoms with Crippen LogP contribution in [0.5, 0.6) is 0 Å². The number of aliphatic hydroxyl groups is 1. The van der Waals surface area contributed by atoms with Crippen molar-refractivity contribution in [2.75, 3.05) is 26.2 Å². The van der Waals surface area contributed by atoms with Crippen LogP contribution in [-0.2, 0) is 0 Å². The molecule has 0 aliphatic heterocycles. The minimum atomic E-state index is 0.210. The highest BCUT2D eigenvalue weighted by molar-refractivity contribution is 4.89. The second kappa shape index (κ2) is 6.38. The summed E-state index contributed by atoms with van der Waals surface area (Å²) in [6.45, 7) is 8.65. The Morgan fingerprint density at radius 1 is 1.28 bits per heavy atom. The number of hydrogen-bond donors (Lipinski definition) is 1. The molecule has 2 rings (SSSR count). The predicted molar refractivity (Wildman–Crippen MR) is 76.6 cm³/mol. The molecule has 0 aromatic heterocycles. The van der Waals surface area contributed by atoms with Crippen molar-refractivity contribution in [1.29, 1.82) is 0 Å². The van der Waals surface area contributed by atoms with Crippen LogP contribution in [0.2, 0.25) is 0 Å². The molecule has 2 atom stereocenters. The van der Waals surface area contributed by atoms with E-state index in [2.05, 4.69) is 18.7 Å². The zero-order valence-corrected chi connectivity index (χ0v) is 12.3. The highest BCUT2D eigenvalue weighted by atomic mass is 16.3. The van der Waals surface area contributed by atoms with Gasteiger partial charge in [0.1, 0.15) is 0 Å². The second-order valence-electron chi connectivity index (χ2n) is 7.04. The van der Waals surface area contributed by atoms with Crippen LogP contribution in [0.4, 0.5) is 0 Å². The molecule has 1 N–H and O–H groups in total. The summed E-state index contributed by atoms with van der Waals surface area (Å²) < 4.78 is 0. The molecule has 2 heteroatoms. The Kier molecular flexibility index (Phi) is 5.08. The average Bonchev–Trinajstić information content (AvgIpc) is 3.13. The summed E-state index contributed by atoms with van der Waals surface area (Å²) in [6.07, 6.45) is 9.24. The standard InChI is InChI=1S/C16H31NO/c1-3-9-17(11-15-6-7-15)12-16(13-18)8-4-5-14(2)10-16/h14-15,18H,3-13H2,1-2H3. The van der Waals surface area contributed by atoms with E-state index in [-0.39, 0.29) is 5.41 Å². The molecular weight excluding hydrogens is 222 g/mol. The first kappa shape index (κ1) is 14.3. The van der Waals surface area contributed by atoms with Crippen molar-refractivity contribution in [3.63, 3.8) is 0 Å². The Hall–Kier alpha value is -0.0800. The fraction of sp³-hybridized carbons (Fsp3) is 1.00. The summed E-state index contributed by atoms with van der Waals surface area (Å²) in [5.74, 6) is 1.77. The molecule has 2 nitrogen and oxygen atoms in total. The van der Waals surface area contributed by atoms with Gasteiger partial charge in [-0.25, -0.2) is 0 Å². The fourth-order valence-electron chi connectivity index (χ4n) is 3.80. The minimum absolute atomic E-state index is 0.210. The molecule has 0 heterocycles. The van der Waals surface area contributed by atoms with Crippen molar-refractivity contribution in [3.05, 3.63) is 0 Å². The van der Waals surface area contributed by atoms with E-state index in [0.717, 1.165) is 18.4 Å². The van der Waals surface area contributed by atoms with E-state index in [9.17, 15) is 5.11 Å². The van der Waals surface area contributed by atoms with Crippen molar-refractivity contribution in [1.82, 2.24) is 4.90 Å². The van der Waals surface area contributed by atoms with Gasteiger partial charge in [0, 0.05) is 25.1 Å². The van der Waals surface area contributed by atoms with Gasteiger partial charge in [0.25, 0.3) is 0 Å². The quantitative estimate of drug-likeness (QED) is 0.752. The maximum atomic E-state index is 9.90. The van der Waals surface area contributed by atoms with Gasteiger partial charge >= 0.3 is 0 Å². The van der Waals surface area contributed by atoms with Crippen LogP contribution in [0, 0.1) is 17.3 Å². The lowest BCUT2D eigenvalue weighted by molar-refractivity contribution is 0.0225. The van der Waals surface area contributed by atoms with Crippen LogP contribution >= 0.6 is 0 Å². The highest BCUT2D eigenvalue weighted by Gasteiger charge is 2.37. The molecule has 2 aliphatic rings. The van der Waals surface area contributed by atoms with Gasteiger partial charge in [-0.2, -0.15) is 0 Å². The molecule has 2 saturated carbocycles. The molecule has 0 radical (unpaired) electrons. The zero-order chi connectivity index (χ0) is 13.0. The maximum Gasteiger partial charge on any atom is 0.0499 e. The summed E-state index contributed by atoms with van der Waals surface area (Å²) in [4.78, 5) is 2.64. The van der Waals surface area contributed by atoms with Gasteiger partial charge in [-0.15, -0.1) is 0 Å². The van der Waals surface area contributed by atoms with E-state index >= 15 is 0 Å². The summed E-state index contributed by atoms with van der Waals surface area (Å²) in [7, 11) is 0. The van der Waals surface area contributed by atoms with E-state index in [4.69, 9.17) is 0 Å². The molecular formula is C16H31NO. The molecule has 2 fully saturated rings. The lowest BCUT2D eigenvalue weighted by atomic mass is 9.70. The SMILES string of the molecule is CCCN(CC1CC1)CC1(CO)CCCC(C)C1. The Morgan fingerprint density at radius 3 is 2.61 bits per heavy atom. The van der Waals surface area contributed by atoms with Gasteiger partial charge in [0.15, 0.2) is 0 Å². The summed E-state index contributed by atoms with van der Waals surface area (Å²) in [6, 6.07) is 0. The summed E-state index contributed by atoms with van der Waals surface area (Å²) in [5.41, 5.74) is 0.210. The lowest BCUT2D eigenvalue weighted by Gasteiger charge is -2.42. The van der Waals surface area contributed by atoms with E-state index in [0.29, 0.717) is 6.61 Å². The molecule has 0 aromatic carbocycles. The monoisotopic (exact) mass is 253 g/mol. The molecule has 0 spiro atoms. The Morgan fingerprint density at radius 2 is 2.06 bits per heavy atom. The number of nitrogens with zero attached hydrogens (tertiary/aromatic N) is 1.